The van der Waals surface area contributed by atoms with Crippen molar-refractivity contribution in [1.82, 2.24) is 29.8 Å². The van der Waals surface area contributed by atoms with Crippen molar-refractivity contribution in [3.8, 4) is 6.01 Å². The van der Waals surface area contributed by atoms with E-state index >= 15 is 0 Å². The summed E-state index contributed by atoms with van der Waals surface area (Å²) in [6.07, 6.45) is 6.28. The van der Waals surface area contributed by atoms with Crippen molar-refractivity contribution in [2.45, 2.75) is 6.92 Å². The number of ether oxygens (including phenoxy) is 1. The Morgan fingerprint density at radius 1 is 1.50 bits per heavy atom. The molecule has 0 spiro atoms. The minimum absolute atomic E-state index is 0.185. The lowest BCUT2D eigenvalue weighted by atomic mass is 10.3. The van der Waals surface area contributed by atoms with Crippen LogP contribution in [-0.4, -0.2) is 42.3 Å². The van der Waals surface area contributed by atoms with Crippen molar-refractivity contribution >= 4 is 17.4 Å². The lowest BCUT2D eigenvalue weighted by Crippen LogP contribution is -2.12. The Kier molecular flexibility index (Phi) is 2.99. The number of nitrogens with one attached hydrogen (secondary N) is 2. The minimum atomic E-state index is -0.354. The molecule has 2 N–H and O–H groups in total. The molecule has 3 aromatic heterocycles. The van der Waals surface area contributed by atoms with Gasteiger partial charge >= 0.3 is 6.01 Å². The van der Waals surface area contributed by atoms with Gasteiger partial charge in [0.05, 0.1) is 30.1 Å². The second-order valence-electron chi connectivity index (χ2n) is 3.82. The number of hydrogen-bond donors (Lipinski definition) is 2. The van der Waals surface area contributed by atoms with Crippen LogP contribution in [0.3, 0.4) is 0 Å². The van der Waals surface area contributed by atoms with Gasteiger partial charge in [-0.2, -0.15) is 10.1 Å². The molecule has 0 unspecified atom stereocenters. The van der Waals surface area contributed by atoms with E-state index in [4.69, 9.17) is 4.74 Å². The van der Waals surface area contributed by atoms with Crippen molar-refractivity contribution in [1.29, 1.82) is 0 Å². The van der Waals surface area contributed by atoms with E-state index in [1.807, 2.05) is 6.92 Å². The van der Waals surface area contributed by atoms with Crippen molar-refractivity contribution in [2.24, 2.45) is 0 Å². The predicted molar refractivity (Wildman–Crippen MR) is 68.5 cm³/mol. The maximum absolute atomic E-state index is 12.1. The Balaban J connectivity index is 1.81. The molecule has 3 heterocycles. The second kappa shape index (κ2) is 4.96. The zero-order valence-electron chi connectivity index (χ0n) is 10.6. The van der Waals surface area contributed by atoms with Crippen molar-refractivity contribution < 1.29 is 9.53 Å². The predicted octanol–water partition coefficient (Wildman–Crippen LogP) is 0.498. The molecule has 0 saturated carbocycles. The molecular formula is C11H11N7O2. The van der Waals surface area contributed by atoms with Gasteiger partial charge in [0.1, 0.15) is 0 Å². The van der Waals surface area contributed by atoms with Crippen LogP contribution in [-0.2, 0) is 0 Å². The molecule has 0 saturated heterocycles. The number of amides is 1. The number of hydrogen-bond acceptors (Lipinski definition) is 6. The average molecular weight is 273 g/mol. The van der Waals surface area contributed by atoms with Crippen LogP contribution in [0.15, 0.2) is 24.8 Å². The lowest BCUT2D eigenvalue weighted by Gasteiger charge is -1.99. The minimum Gasteiger partial charge on any atom is -0.463 e. The first kappa shape index (κ1) is 12.1. The van der Waals surface area contributed by atoms with Crippen molar-refractivity contribution in [2.75, 3.05) is 11.9 Å². The summed E-state index contributed by atoms with van der Waals surface area (Å²) in [6, 6.07) is 0.185. The molecule has 0 aliphatic carbocycles. The number of aromatic nitrogens is 6. The number of H-pyrrole nitrogens is 1. The van der Waals surface area contributed by atoms with Gasteiger partial charge in [-0.3, -0.25) is 15.1 Å². The fraction of sp³-hybridized carbons (Fsp3) is 0.182. The number of fused-ring (bicyclic) bond motifs is 1. The SMILES string of the molecule is CCOc1n[nH]c(NC(=O)c2cnn3ccncc23)n1. The zero-order valence-corrected chi connectivity index (χ0v) is 10.6. The normalized spacial score (nSPS) is 10.7. The van der Waals surface area contributed by atoms with E-state index in [-0.39, 0.29) is 17.9 Å². The number of aromatic amines is 1. The molecule has 9 nitrogen and oxygen atoms in total. The van der Waals surface area contributed by atoms with E-state index in [9.17, 15) is 4.79 Å². The lowest BCUT2D eigenvalue weighted by molar-refractivity contribution is 0.102. The quantitative estimate of drug-likeness (QED) is 0.716. The standard InChI is InChI=1S/C11H11N7O2/c1-2-20-11-15-10(16-17-11)14-9(19)7-5-13-18-4-3-12-6-8(7)18/h3-6H,2H2,1H3,(H2,14,15,16,17,19). The van der Waals surface area contributed by atoms with Gasteiger partial charge in [-0.15, -0.1) is 5.10 Å². The van der Waals surface area contributed by atoms with Gasteiger partial charge in [0.2, 0.25) is 5.95 Å². The Morgan fingerprint density at radius 2 is 2.40 bits per heavy atom. The first-order valence-electron chi connectivity index (χ1n) is 5.92. The molecule has 9 heteroatoms. The van der Waals surface area contributed by atoms with Crippen LogP contribution in [0.2, 0.25) is 0 Å². The molecule has 3 rings (SSSR count). The molecule has 0 aliphatic rings. The second-order valence-corrected chi connectivity index (χ2v) is 3.82. The van der Waals surface area contributed by atoms with Gasteiger partial charge in [-0.25, -0.2) is 9.61 Å². The molecule has 0 atom stereocenters. The number of anilines is 1. The smallest absolute Gasteiger partial charge is 0.337 e. The molecule has 20 heavy (non-hydrogen) atoms. The topological polar surface area (TPSA) is 110 Å². The highest BCUT2D eigenvalue weighted by Gasteiger charge is 2.14. The molecular weight excluding hydrogens is 262 g/mol. The van der Waals surface area contributed by atoms with Crippen LogP contribution < -0.4 is 10.1 Å². The number of carbonyl (C=O) groups is 1. The third-order valence-electron chi connectivity index (χ3n) is 2.54. The maximum atomic E-state index is 12.1. The van der Waals surface area contributed by atoms with E-state index in [2.05, 4.69) is 30.6 Å². The van der Waals surface area contributed by atoms with Crippen LogP contribution in [0, 0.1) is 0 Å². The van der Waals surface area contributed by atoms with Gasteiger partial charge in [-0.1, -0.05) is 0 Å². The average Bonchev–Trinajstić information content (AvgIpc) is 3.06. The molecule has 0 aliphatic heterocycles. The van der Waals surface area contributed by atoms with Crippen molar-refractivity contribution in [3.05, 3.63) is 30.4 Å². The highest BCUT2D eigenvalue weighted by Crippen LogP contribution is 2.12. The fourth-order valence-electron chi connectivity index (χ4n) is 1.68. The summed E-state index contributed by atoms with van der Waals surface area (Å²) in [7, 11) is 0. The van der Waals surface area contributed by atoms with Crippen LogP contribution in [0.4, 0.5) is 5.95 Å². The molecule has 1 amide bonds. The molecule has 0 aromatic carbocycles. The highest BCUT2D eigenvalue weighted by atomic mass is 16.5. The summed E-state index contributed by atoms with van der Waals surface area (Å²) in [5.74, 6) is -0.145. The number of carbonyl (C=O) groups excluding carboxylic acids is 1. The summed E-state index contributed by atoms with van der Waals surface area (Å²) in [4.78, 5) is 20.1. The van der Waals surface area contributed by atoms with Gasteiger partial charge in [-0.05, 0) is 6.92 Å². The van der Waals surface area contributed by atoms with Crippen LogP contribution in [0.25, 0.3) is 5.52 Å². The van der Waals surface area contributed by atoms with Gasteiger partial charge < -0.3 is 4.74 Å². The zero-order chi connectivity index (χ0) is 13.9. The first-order chi connectivity index (χ1) is 9.78. The van der Waals surface area contributed by atoms with Gasteiger partial charge in [0, 0.05) is 12.4 Å². The Morgan fingerprint density at radius 3 is 3.25 bits per heavy atom. The Hall–Kier alpha value is -2.97. The van der Waals surface area contributed by atoms with Gasteiger partial charge in [0.15, 0.2) is 0 Å². The Bertz CT molecular complexity index is 748. The summed E-state index contributed by atoms with van der Waals surface area (Å²) >= 11 is 0. The largest absolute Gasteiger partial charge is 0.463 e. The third kappa shape index (κ3) is 2.16. The highest BCUT2D eigenvalue weighted by molar-refractivity contribution is 6.07. The molecule has 3 aromatic rings. The van der Waals surface area contributed by atoms with Crippen LogP contribution in [0.1, 0.15) is 17.3 Å². The molecule has 0 radical (unpaired) electrons. The van der Waals surface area contributed by atoms with E-state index < -0.39 is 0 Å². The van der Waals surface area contributed by atoms with E-state index in [0.717, 1.165) is 0 Å². The maximum Gasteiger partial charge on any atom is 0.337 e. The van der Waals surface area contributed by atoms with E-state index in [1.54, 1.807) is 23.1 Å². The summed E-state index contributed by atoms with van der Waals surface area (Å²) < 4.78 is 6.66. The summed E-state index contributed by atoms with van der Waals surface area (Å²) in [5.41, 5.74) is 1.00. The Labute approximate surface area is 113 Å². The molecule has 0 fully saturated rings. The van der Waals surface area contributed by atoms with Crippen molar-refractivity contribution in [3.63, 3.8) is 0 Å². The number of rotatable bonds is 4. The first-order valence-corrected chi connectivity index (χ1v) is 5.92. The van der Waals surface area contributed by atoms with Crippen LogP contribution >= 0.6 is 0 Å². The van der Waals surface area contributed by atoms with Crippen LogP contribution in [0.5, 0.6) is 6.01 Å². The van der Waals surface area contributed by atoms with E-state index in [1.165, 1.54) is 6.20 Å². The summed E-state index contributed by atoms with van der Waals surface area (Å²) in [6.45, 7) is 2.27. The third-order valence-corrected chi connectivity index (χ3v) is 2.54. The fourth-order valence-corrected chi connectivity index (χ4v) is 1.68. The number of nitrogens with zero attached hydrogens (tertiary/aromatic N) is 5. The summed E-state index contributed by atoms with van der Waals surface area (Å²) in [5, 5.41) is 13.0. The molecule has 0 bridgehead atoms. The molecule has 102 valence electrons. The monoisotopic (exact) mass is 273 g/mol. The van der Waals surface area contributed by atoms with E-state index in [0.29, 0.717) is 17.7 Å². The van der Waals surface area contributed by atoms with Gasteiger partial charge in [0.25, 0.3) is 5.91 Å².